The zero-order valence-electron chi connectivity index (χ0n) is 15.4. The molecule has 0 aliphatic carbocycles. The molecular formula is C23H18N2O3Se. The number of phenolic OH excluding ortho intramolecular Hbond substituents is 2. The fourth-order valence-corrected chi connectivity index (χ4v) is 4.00. The van der Waals surface area contributed by atoms with Crippen LogP contribution in [-0.4, -0.2) is 41.3 Å². The van der Waals surface area contributed by atoms with E-state index in [1.54, 1.807) is 11.0 Å². The van der Waals surface area contributed by atoms with Gasteiger partial charge in [0.25, 0.3) is 0 Å². The average Bonchev–Trinajstić information content (AvgIpc) is 2.93. The van der Waals surface area contributed by atoms with E-state index in [1.165, 1.54) is 18.2 Å². The number of anilines is 1. The number of phenols is 2. The molecule has 2 N–H and O–H groups in total. The minimum absolute atomic E-state index is 0.0657. The van der Waals surface area contributed by atoms with Gasteiger partial charge in [-0.2, -0.15) is 0 Å². The number of aromatic hydroxyl groups is 2. The first-order valence-electron chi connectivity index (χ1n) is 9.02. The molecule has 1 aliphatic rings. The Balaban J connectivity index is 1.79. The SMILES string of the molecule is O=C1/C(=C\c2cc(O)cc(O)c2)N(Cc2ccccc2)C(=[Se])N1c1ccccc1. The van der Waals surface area contributed by atoms with Gasteiger partial charge in [-0.15, -0.1) is 0 Å². The van der Waals surface area contributed by atoms with Crippen LogP contribution in [0.1, 0.15) is 11.1 Å². The Morgan fingerprint density at radius 2 is 1.45 bits per heavy atom. The van der Waals surface area contributed by atoms with Gasteiger partial charge >= 0.3 is 176 Å². The van der Waals surface area contributed by atoms with Crippen molar-refractivity contribution in [1.82, 2.24) is 4.90 Å². The van der Waals surface area contributed by atoms with Crippen molar-refractivity contribution in [3.63, 3.8) is 0 Å². The molecule has 1 aliphatic heterocycles. The molecule has 3 aromatic rings. The number of nitrogens with zero attached hydrogens (tertiary/aromatic N) is 2. The van der Waals surface area contributed by atoms with E-state index in [1.807, 2.05) is 65.6 Å². The molecule has 0 radical (unpaired) electrons. The molecule has 1 saturated heterocycles. The summed E-state index contributed by atoms with van der Waals surface area (Å²) in [6.45, 7) is 0.495. The Morgan fingerprint density at radius 3 is 2.07 bits per heavy atom. The van der Waals surface area contributed by atoms with E-state index in [0.29, 0.717) is 22.5 Å². The molecule has 1 heterocycles. The van der Waals surface area contributed by atoms with Crippen LogP contribution in [0.3, 0.4) is 0 Å². The molecule has 0 bridgehead atoms. The summed E-state index contributed by atoms with van der Waals surface area (Å²) in [5.74, 6) is -0.322. The van der Waals surface area contributed by atoms with E-state index >= 15 is 0 Å². The van der Waals surface area contributed by atoms with Crippen LogP contribution in [0.4, 0.5) is 5.69 Å². The second-order valence-electron chi connectivity index (χ2n) is 6.64. The van der Waals surface area contributed by atoms with Gasteiger partial charge in [-0.25, -0.2) is 0 Å². The van der Waals surface area contributed by atoms with Gasteiger partial charge in [0.05, 0.1) is 0 Å². The van der Waals surface area contributed by atoms with Crippen molar-refractivity contribution in [2.45, 2.75) is 6.54 Å². The van der Waals surface area contributed by atoms with Gasteiger partial charge in [0, 0.05) is 0 Å². The summed E-state index contributed by atoms with van der Waals surface area (Å²) in [5, 5.41) is 19.6. The van der Waals surface area contributed by atoms with Gasteiger partial charge < -0.3 is 0 Å². The maximum atomic E-state index is 13.3. The molecule has 3 aromatic carbocycles. The van der Waals surface area contributed by atoms with Crippen LogP contribution in [-0.2, 0) is 11.3 Å². The Hall–Kier alpha value is -3.34. The number of hydrogen-bond donors (Lipinski definition) is 2. The summed E-state index contributed by atoms with van der Waals surface area (Å²) in [6.07, 6.45) is 1.67. The van der Waals surface area contributed by atoms with E-state index in [0.717, 1.165) is 11.3 Å². The quantitative estimate of drug-likeness (QED) is 0.474. The Morgan fingerprint density at radius 1 is 0.862 bits per heavy atom. The van der Waals surface area contributed by atoms with Crippen LogP contribution in [0.5, 0.6) is 11.5 Å². The van der Waals surface area contributed by atoms with Gasteiger partial charge in [0.15, 0.2) is 0 Å². The summed E-state index contributed by atoms with van der Waals surface area (Å²) in [7, 11) is 0. The molecule has 4 rings (SSSR count). The van der Waals surface area contributed by atoms with Crippen LogP contribution < -0.4 is 4.90 Å². The third-order valence-corrected chi connectivity index (χ3v) is 5.41. The summed E-state index contributed by atoms with van der Waals surface area (Å²) in [6, 6.07) is 23.5. The van der Waals surface area contributed by atoms with Gasteiger partial charge in [0.2, 0.25) is 0 Å². The molecule has 0 spiro atoms. The van der Waals surface area contributed by atoms with Crippen molar-refractivity contribution in [3.05, 3.63) is 95.7 Å². The van der Waals surface area contributed by atoms with Crippen molar-refractivity contribution < 1.29 is 15.0 Å². The topological polar surface area (TPSA) is 64.0 Å². The van der Waals surface area contributed by atoms with Gasteiger partial charge in [-0.1, -0.05) is 0 Å². The number of carbonyl (C=O) groups is 1. The summed E-state index contributed by atoms with van der Waals surface area (Å²) in [4.78, 5) is 16.9. The fourth-order valence-electron chi connectivity index (χ4n) is 3.26. The number of rotatable bonds is 4. The third kappa shape index (κ3) is 3.94. The van der Waals surface area contributed by atoms with Gasteiger partial charge in [-0.3, -0.25) is 0 Å². The van der Waals surface area contributed by atoms with Crippen molar-refractivity contribution in [1.29, 1.82) is 0 Å². The fraction of sp³-hybridized carbons (Fsp3) is 0.0435. The minimum atomic E-state index is -0.191. The summed E-state index contributed by atoms with van der Waals surface area (Å²) in [5.41, 5.74) is 2.78. The zero-order valence-corrected chi connectivity index (χ0v) is 17.1. The number of benzene rings is 3. The van der Waals surface area contributed by atoms with Crippen molar-refractivity contribution in [3.8, 4) is 11.5 Å². The second kappa shape index (κ2) is 7.95. The van der Waals surface area contributed by atoms with Crippen molar-refractivity contribution in [2.75, 3.05) is 4.90 Å². The van der Waals surface area contributed by atoms with Crippen LogP contribution in [0, 0.1) is 0 Å². The Labute approximate surface area is 176 Å². The molecule has 144 valence electrons. The number of hydrogen-bond acceptors (Lipinski definition) is 4. The normalized spacial score (nSPS) is 15.4. The molecule has 1 amide bonds. The number of carbonyl (C=O) groups excluding carboxylic acids is 1. The molecule has 0 saturated carbocycles. The number of amides is 1. The van der Waals surface area contributed by atoms with Gasteiger partial charge in [0.1, 0.15) is 0 Å². The Bertz CT molecular complexity index is 1080. The predicted molar refractivity (Wildman–Crippen MR) is 114 cm³/mol. The van der Waals surface area contributed by atoms with Crippen LogP contribution in [0.25, 0.3) is 6.08 Å². The first-order chi connectivity index (χ1) is 14.0. The summed E-state index contributed by atoms with van der Waals surface area (Å²) < 4.78 is 0.667. The van der Waals surface area contributed by atoms with Crippen LogP contribution >= 0.6 is 0 Å². The zero-order chi connectivity index (χ0) is 20.4. The first kappa shape index (κ1) is 19.0. The first-order valence-corrected chi connectivity index (χ1v) is 9.88. The summed E-state index contributed by atoms with van der Waals surface area (Å²) >= 11 is 3.03. The maximum absolute atomic E-state index is 13.3. The second-order valence-corrected chi connectivity index (χ2v) is 7.41. The van der Waals surface area contributed by atoms with E-state index < -0.39 is 0 Å². The third-order valence-electron chi connectivity index (χ3n) is 4.56. The van der Waals surface area contributed by atoms with Crippen LogP contribution in [0.15, 0.2) is 84.6 Å². The molecule has 6 heteroatoms. The van der Waals surface area contributed by atoms with Gasteiger partial charge in [-0.05, 0) is 0 Å². The monoisotopic (exact) mass is 450 g/mol. The molecule has 5 nitrogen and oxygen atoms in total. The van der Waals surface area contributed by atoms with E-state index in [4.69, 9.17) is 0 Å². The van der Waals surface area contributed by atoms with E-state index in [-0.39, 0.29) is 17.4 Å². The molecule has 1 fully saturated rings. The molecule has 0 aromatic heterocycles. The van der Waals surface area contributed by atoms with E-state index in [9.17, 15) is 15.0 Å². The van der Waals surface area contributed by atoms with Crippen molar-refractivity contribution >= 4 is 37.9 Å². The predicted octanol–water partition coefficient (Wildman–Crippen LogP) is 3.24. The molecule has 29 heavy (non-hydrogen) atoms. The molecule has 0 atom stereocenters. The van der Waals surface area contributed by atoms with Crippen molar-refractivity contribution in [2.24, 2.45) is 0 Å². The number of para-hydroxylation sites is 1. The average molecular weight is 449 g/mol. The standard InChI is InChI=1S/C23H18N2O3Se/c26-19-11-17(12-20(27)14-19)13-21-22(28)25(18-9-5-2-6-10-18)23(29)24(21)15-16-7-3-1-4-8-16/h1-14,26-27H,15H2/b21-13+. The Kier molecular flexibility index (Phi) is 5.21. The molecule has 0 unspecified atom stereocenters. The van der Waals surface area contributed by atoms with E-state index in [2.05, 4.69) is 15.6 Å². The van der Waals surface area contributed by atoms with Crippen LogP contribution in [0.2, 0.25) is 0 Å². The molecular weight excluding hydrogens is 431 g/mol.